The third kappa shape index (κ3) is 1.62. The van der Waals surface area contributed by atoms with E-state index in [9.17, 15) is 9.18 Å². The van der Waals surface area contributed by atoms with Crippen molar-refractivity contribution < 1.29 is 19.4 Å². The van der Waals surface area contributed by atoms with Crippen molar-refractivity contribution in [2.24, 2.45) is 5.73 Å². The van der Waals surface area contributed by atoms with Crippen LogP contribution < -0.4 is 5.73 Å². The van der Waals surface area contributed by atoms with Crippen molar-refractivity contribution >= 4 is 5.97 Å². The first-order chi connectivity index (χ1) is 4.06. The van der Waals surface area contributed by atoms with E-state index in [-0.39, 0.29) is 0 Å². The van der Waals surface area contributed by atoms with Gasteiger partial charge in [-0.2, -0.15) is 0 Å². The van der Waals surface area contributed by atoms with Gasteiger partial charge in [0.1, 0.15) is 6.67 Å². The molecule has 0 spiro atoms. The molecule has 0 fully saturated rings. The Labute approximate surface area is 51.1 Å². The van der Waals surface area contributed by atoms with Crippen molar-refractivity contribution in [3.05, 3.63) is 0 Å². The molecule has 0 saturated heterocycles. The first kappa shape index (κ1) is 8.32. The summed E-state index contributed by atoms with van der Waals surface area (Å²) < 4.78 is 11.6. The van der Waals surface area contributed by atoms with Crippen LogP contribution in [0.4, 0.5) is 4.39 Å². The van der Waals surface area contributed by atoms with Gasteiger partial charge in [0.05, 0.1) is 0 Å². The maximum Gasteiger partial charge on any atom is 0.339 e. The lowest BCUT2D eigenvalue weighted by molar-refractivity contribution is -0.158. The number of aliphatic carboxylic acids is 1. The molecule has 0 rings (SSSR count). The maximum absolute atomic E-state index is 11.6. The lowest BCUT2D eigenvalue weighted by Gasteiger charge is -2.15. The minimum atomic E-state index is -2.39. The molecule has 0 heterocycles. The molecule has 0 aromatic rings. The molecule has 0 bridgehead atoms. The van der Waals surface area contributed by atoms with E-state index in [4.69, 9.17) is 15.9 Å². The van der Waals surface area contributed by atoms with E-state index in [1.54, 1.807) is 0 Å². The zero-order valence-electron chi connectivity index (χ0n) is 4.67. The Morgan fingerprint density at radius 3 is 2.22 bits per heavy atom. The number of carboxylic acids is 1. The molecule has 0 aromatic carbocycles. The summed E-state index contributed by atoms with van der Waals surface area (Å²) in [6.07, 6.45) is 0. The molecule has 0 unspecified atom stereocenters. The van der Waals surface area contributed by atoms with Gasteiger partial charge in [-0.1, -0.05) is 0 Å². The highest BCUT2D eigenvalue weighted by Crippen LogP contribution is 2.01. The molecule has 54 valence electrons. The molecule has 5 heteroatoms. The smallest absolute Gasteiger partial charge is 0.339 e. The lowest BCUT2D eigenvalue weighted by Crippen LogP contribution is -2.47. The van der Waals surface area contributed by atoms with Crippen LogP contribution in [0.3, 0.4) is 0 Å². The molecule has 0 saturated carbocycles. The number of alkyl halides is 1. The van der Waals surface area contributed by atoms with Gasteiger partial charge in [-0.05, 0) is 0 Å². The highest BCUT2D eigenvalue weighted by Gasteiger charge is 2.34. The van der Waals surface area contributed by atoms with E-state index in [1.807, 2.05) is 0 Å². The van der Waals surface area contributed by atoms with Gasteiger partial charge in [-0.15, -0.1) is 0 Å². The number of carbonyl (C=O) groups is 1. The average molecular weight is 137 g/mol. The second-order valence-electron chi connectivity index (χ2n) is 1.67. The van der Waals surface area contributed by atoms with Crippen molar-refractivity contribution in [1.82, 2.24) is 0 Å². The minimum absolute atomic E-state index is 0.612. The van der Waals surface area contributed by atoms with Gasteiger partial charge in [0.15, 0.2) is 0 Å². The van der Waals surface area contributed by atoms with E-state index in [0.717, 1.165) is 0 Å². The van der Waals surface area contributed by atoms with E-state index < -0.39 is 24.8 Å². The Morgan fingerprint density at radius 2 is 2.22 bits per heavy atom. The SMILES string of the molecule is NC[C@](O)(CF)C(=O)O. The number of carboxylic acid groups (broad SMARTS) is 1. The van der Waals surface area contributed by atoms with Crippen molar-refractivity contribution in [3.63, 3.8) is 0 Å². The monoisotopic (exact) mass is 137 g/mol. The fourth-order valence-corrected chi connectivity index (χ4v) is 0.199. The van der Waals surface area contributed by atoms with Crippen LogP contribution in [0.15, 0.2) is 0 Å². The summed E-state index contributed by atoms with van der Waals surface area (Å²) in [6.45, 7) is -1.97. The van der Waals surface area contributed by atoms with Crippen LogP contribution in [0.5, 0.6) is 0 Å². The van der Waals surface area contributed by atoms with Gasteiger partial charge in [0, 0.05) is 6.54 Å². The number of rotatable bonds is 3. The molecule has 0 aliphatic rings. The van der Waals surface area contributed by atoms with Gasteiger partial charge < -0.3 is 15.9 Å². The average Bonchev–Trinajstić information content (AvgIpc) is 1.86. The predicted molar refractivity (Wildman–Crippen MR) is 27.6 cm³/mol. The largest absolute Gasteiger partial charge is 0.479 e. The molecule has 1 atom stereocenters. The molecule has 9 heavy (non-hydrogen) atoms. The normalized spacial score (nSPS) is 16.8. The van der Waals surface area contributed by atoms with E-state index in [0.29, 0.717) is 0 Å². The predicted octanol–water partition coefficient (Wildman–Crippen LogP) is -1.27. The number of hydrogen-bond acceptors (Lipinski definition) is 3. The van der Waals surface area contributed by atoms with Gasteiger partial charge in [-0.3, -0.25) is 0 Å². The second-order valence-corrected chi connectivity index (χ2v) is 1.67. The fourth-order valence-electron chi connectivity index (χ4n) is 0.199. The summed E-state index contributed by atoms with van der Waals surface area (Å²) in [4.78, 5) is 9.91. The second kappa shape index (κ2) is 2.75. The van der Waals surface area contributed by atoms with Gasteiger partial charge in [0.25, 0.3) is 0 Å². The van der Waals surface area contributed by atoms with Crippen LogP contribution in [0, 0.1) is 0 Å². The van der Waals surface area contributed by atoms with Crippen LogP contribution in [0.1, 0.15) is 0 Å². The van der Waals surface area contributed by atoms with E-state index in [2.05, 4.69) is 0 Å². The Morgan fingerprint density at radius 1 is 1.78 bits per heavy atom. The minimum Gasteiger partial charge on any atom is -0.479 e. The Kier molecular flexibility index (Phi) is 2.54. The molecule has 0 aliphatic carbocycles. The summed E-state index contributed by atoms with van der Waals surface area (Å²) in [5.74, 6) is -1.63. The molecular weight excluding hydrogens is 129 g/mol. The number of nitrogens with two attached hydrogens (primary N) is 1. The topological polar surface area (TPSA) is 83.5 Å². The zero-order chi connectivity index (χ0) is 7.49. The van der Waals surface area contributed by atoms with Crippen molar-refractivity contribution in [3.8, 4) is 0 Å². The van der Waals surface area contributed by atoms with E-state index in [1.165, 1.54) is 0 Å². The molecule has 4 N–H and O–H groups in total. The quantitative estimate of drug-likeness (QED) is 0.453. The Hall–Kier alpha value is -0.680. The Bertz CT molecular complexity index is 112. The molecule has 0 aliphatic heterocycles. The number of aliphatic hydroxyl groups is 1. The lowest BCUT2D eigenvalue weighted by atomic mass is 10.1. The fraction of sp³-hybridized carbons (Fsp3) is 0.750. The van der Waals surface area contributed by atoms with Crippen LogP contribution >= 0.6 is 0 Å². The van der Waals surface area contributed by atoms with Gasteiger partial charge >= 0.3 is 5.97 Å². The summed E-state index contributed by atoms with van der Waals surface area (Å²) in [5, 5.41) is 16.7. The van der Waals surface area contributed by atoms with Gasteiger partial charge in [-0.25, -0.2) is 9.18 Å². The van der Waals surface area contributed by atoms with E-state index >= 15 is 0 Å². The third-order valence-electron chi connectivity index (χ3n) is 0.957. The summed E-state index contributed by atoms with van der Waals surface area (Å²) in [7, 11) is 0. The standard InChI is InChI=1S/C4H8FNO3/c5-1-4(9,2-6)3(7)8/h9H,1-2,6H2,(H,7,8)/t4-/m1/s1. The van der Waals surface area contributed by atoms with Gasteiger partial charge in [0.2, 0.25) is 5.60 Å². The molecule has 4 nitrogen and oxygen atoms in total. The summed E-state index contributed by atoms with van der Waals surface area (Å²) in [6, 6.07) is 0. The number of hydrogen-bond donors (Lipinski definition) is 3. The van der Waals surface area contributed by atoms with Crippen molar-refractivity contribution in [2.45, 2.75) is 5.60 Å². The Balaban J connectivity index is 4.09. The van der Waals surface area contributed by atoms with Crippen molar-refractivity contribution in [2.75, 3.05) is 13.2 Å². The summed E-state index contributed by atoms with van der Waals surface area (Å²) >= 11 is 0. The third-order valence-corrected chi connectivity index (χ3v) is 0.957. The maximum atomic E-state index is 11.6. The molecular formula is C4H8FNO3. The molecule has 0 aromatic heterocycles. The first-order valence-electron chi connectivity index (χ1n) is 2.28. The van der Waals surface area contributed by atoms with Crippen LogP contribution in [0.2, 0.25) is 0 Å². The molecule has 0 amide bonds. The van der Waals surface area contributed by atoms with Crippen LogP contribution in [-0.4, -0.2) is 35.0 Å². The molecule has 0 radical (unpaired) electrons. The number of halogens is 1. The first-order valence-corrected chi connectivity index (χ1v) is 2.28. The van der Waals surface area contributed by atoms with Crippen LogP contribution in [0.25, 0.3) is 0 Å². The zero-order valence-corrected chi connectivity index (χ0v) is 4.67. The van der Waals surface area contributed by atoms with Crippen LogP contribution in [-0.2, 0) is 4.79 Å². The highest BCUT2D eigenvalue weighted by molar-refractivity contribution is 5.77. The highest BCUT2D eigenvalue weighted by atomic mass is 19.1. The summed E-state index contributed by atoms with van der Waals surface area (Å²) in [5.41, 5.74) is 2.36. The van der Waals surface area contributed by atoms with Crippen molar-refractivity contribution in [1.29, 1.82) is 0 Å².